The fraction of sp³-hybridized carbons (Fsp3) is 0. The van der Waals surface area contributed by atoms with Gasteiger partial charge < -0.3 is 0 Å². The Morgan fingerprint density at radius 3 is 2.50 bits per heavy atom. The highest BCUT2D eigenvalue weighted by molar-refractivity contribution is 6.32. The van der Waals surface area contributed by atoms with E-state index in [-0.39, 0.29) is 10.7 Å². The zero-order valence-corrected chi connectivity index (χ0v) is 5.55. The molecule has 0 saturated heterocycles. The van der Waals surface area contributed by atoms with Crippen molar-refractivity contribution in [2.45, 2.75) is 0 Å². The zero-order chi connectivity index (χ0) is 7.56. The third-order valence-electron chi connectivity index (χ3n) is 0.904. The number of nitro groups is 1. The summed E-state index contributed by atoms with van der Waals surface area (Å²) >= 11 is 5.39. The second-order valence-electron chi connectivity index (χ2n) is 1.54. The summed E-state index contributed by atoms with van der Waals surface area (Å²) in [6, 6.07) is 7.71. The van der Waals surface area contributed by atoms with Crippen molar-refractivity contribution < 1.29 is 4.92 Å². The Bertz CT molecular complexity index is 262. The standard InChI is InChI=1S/C6H2ClNO2/c7-5-3-1-2-4-6(5)8(9)10/h1-2H. The van der Waals surface area contributed by atoms with Crippen molar-refractivity contribution >= 4 is 17.3 Å². The molecule has 0 N–H and O–H groups in total. The van der Waals surface area contributed by atoms with E-state index in [9.17, 15) is 10.1 Å². The minimum atomic E-state index is -0.598. The second kappa shape index (κ2) is 2.66. The number of benzene rings is 1. The highest BCUT2D eigenvalue weighted by atomic mass is 35.5. The summed E-state index contributed by atoms with van der Waals surface area (Å²) in [7, 11) is 0. The molecule has 0 unspecified atom stereocenters. The van der Waals surface area contributed by atoms with Crippen LogP contribution in [0.5, 0.6) is 0 Å². The van der Waals surface area contributed by atoms with Gasteiger partial charge in [-0.15, -0.1) is 0 Å². The first-order valence-electron chi connectivity index (χ1n) is 2.44. The van der Waals surface area contributed by atoms with E-state index in [1.807, 2.05) is 0 Å². The first-order chi connectivity index (χ1) is 4.72. The lowest BCUT2D eigenvalue weighted by Crippen LogP contribution is -1.87. The van der Waals surface area contributed by atoms with Crippen LogP contribution < -0.4 is 0 Å². The summed E-state index contributed by atoms with van der Waals surface area (Å²) in [6.45, 7) is 0. The van der Waals surface area contributed by atoms with Gasteiger partial charge in [-0.3, -0.25) is 10.1 Å². The van der Waals surface area contributed by atoms with Crippen molar-refractivity contribution in [2.75, 3.05) is 0 Å². The molecule has 4 heteroatoms. The Balaban J connectivity index is 3.15. The van der Waals surface area contributed by atoms with Crippen LogP contribution in [0.25, 0.3) is 0 Å². The average Bonchev–Trinajstić information content (AvgIpc) is 1.88. The van der Waals surface area contributed by atoms with Crippen LogP contribution in [0, 0.1) is 22.2 Å². The Hall–Kier alpha value is -1.09. The van der Waals surface area contributed by atoms with Crippen LogP contribution in [0.3, 0.4) is 0 Å². The van der Waals surface area contributed by atoms with Crippen LogP contribution in [-0.4, -0.2) is 4.92 Å². The molecule has 0 amide bonds. The average molecular weight is 156 g/mol. The molecule has 0 spiro atoms. The maximum atomic E-state index is 10.1. The lowest BCUT2D eigenvalue weighted by molar-refractivity contribution is -0.385. The van der Waals surface area contributed by atoms with E-state index < -0.39 is 4.92 Å². The topological polar surface area (TPSA) is 43.1 Å². The molecule has 1 rings (SSSR count). The van der Waals surface area contributed by atoms with Crippen LogP contribution in [0.1, 0.15) is 0 Å². The SMILES string of the molecule is O=[N+]([O-])c1[c]cc[c]c1Cl. The Kier molecular flexibility index (Phi) is 1.87. The van der Waals surface area contributed by atoms with E-state index >= 15 is 0 Å². The monoisotopic (exact) mass is 155 g/mol. The van der Waals surface area contributed by atoms with Crippen LogP contribution in [0.2, 0.25) is 5.02 Å². The van der Waals surface area contributed by atoms with Gasteiger partial charge in [-0.05, 0) is 6.07 Å². The molecule has 10 heavy (non-hydrogen) atoms. The third-order valence-corrected chi connectivity index (χ3v) is 1.19. The molecule has 1 aromatic rings. The minimum absolute atomic E-state index is 0.00694. The molecule has 2 radical (unpaired) electrons. The maximum Gasteiger partial charge on any atom is 0.296 e. The number of hydrogen-bond acceptors (Lipinski definition) is 2. The minimum Gasteiger partial charge on any atom is -0.258 e. The first kappa shape index (κ1) is 7.02. The van der Waals surface area contributed by atoms with E-state index in [2.05, 4.69) is 12.1 Å². The highest BCUT2D eigenvalue weighted by Crippen LogP contribution is 2.20. The molecule has 50 valence electrons. The summed E-state index contributed by atoms with van der Waals surface area (Å²) < 4.78 is 0. The number of nitro benzene ring substituents is 1. The first-order valence-corrected chi connectivity index (χ1v) is 2.82. The molecule has 1 aromatic carbocycles. The largest absolute Gasteiger partial charge is 0.296 e. The van der Waals surface area contributed by atoms with Gasteiger partial charge >= 0.3 is 0 Å². The Labute approximate surface area is 62.4 Å². The highest BCUT2D eigenvalue weighted by Gasteiger charge is 2.09. The number of hydrogen-bond donors (Lipinski definition) is 0. The summed E-state index contributed by atoms with van der Waals surface area (Å²) in [5.74, 6) is 0. The molecule has 0 aromatic heterocycles. The predicted octanol–water partition coefficient (Wildman–Crippen LogP) is 1.85. The van der Waals surface area contributed by atoms with E-state index in [0.29, 0.717) is 0 Å². The van der Waals surface area contributed by atoms with E-state index in [1.165, 1.54) is 12.1 Å². The lowest BCUT2D eigenvalue weighted by atomic mass is 10.3. The fourth-order valence-electron chi connectivity index (χ4n) is 0.500. The molecular formula is C6H2ClNO2. The van der Waals surface area contributed by atoms with E-state index in [0.717, 1.165) is 0 Å². The van der Waals surface area contributed by atoms with Crippen LogP contribution in [-0.2, 0) is 0 Å². The lowest BCUT2D eigenvalue weighted by Gasteiger charge is -1.89. The third kappa shape index (κ3) is 1.25. The van der Waals surface area contributed by atoms with Gasteiger partial charge in [0.15, 0.2) is 0 Å². The van der Waals surface area contributed by atoms with Gasteiger partial charge in [-0.2, -0.15) is 0 Å². The zero-order valence-electron chi connectivity index (χ0n) is 4.80. The molecule has 0 atom stereocenters. The molecule has 0 aliphatic carbocycles. The van der Waals surface area contributed by atoms with Crippen molar-refractivity contribution in [1.29, 1.82) is 0 Å². The predicted molar refractivity (Wildman–Crippen MR) is 35.8 cm³/mol. The van der Waals surface area contributed by atoms with Crippen LogP contribution in [0.15, 0.2) is 12.1 Å². The summed E-state index contributed by atoms with van der Waals surface area (Å²) in [6.07, 6.45) is 0. The number of rotatable bonds is 1. The van der Waals surface area contributed by atoms with Gasteiger partial charge in [0.25, 0.3) is 5.69 Å². The molecule has 0 fully saturated rings. The molecule has 0 saturated carbocycles. The molecule has 3 nitrogen and oxygen atoms in total. The summed E-state index contributed by atoms with van der Waals surface area (Å²) in [4.78, 5) is 9.49. The van der Waals surface area contributed by atoms with Gasteiger partial charge in [0, 0.05) is 6.07 Å². The van der Waals surface area contributed by atoms with Gasteiger partial charge in [-0.25, -0.2) is 0 Å². The number of halogens is 1. The van der Waals surface area contributed by atoms with Crippen LogP contribution in [0.4, 0.5) is 5.69 Å². The molecule has 0 aliphatic heterocycles. The van der Waals surface area contributed by atoms with Crippen molar-refractivity contribution in [3.63, 3.8) is 0 Å². The molecule has 0 bridgehead atoms. The number of nitrogens with zero attached hydrogens (tertiary/aromatic N) is 1. The maximum absolute atomic E-state index is 10.1. The van der Waals surface area contributed by atoms with Crippen molar-refractivity contribution in [2.24, 2.45) is 0 Å². The van der Waals surface area contributed by atoms with Gasteiger partial charge in [0.2, 0.25) is 0 Å². The molecule has 0 aliphatic rings. The van der Waals surface area contributed by atoms with Crippen molar-refractivity contribution in [3.05, 3.63) is 39.4 Å². The Morgan fingerprint density at radius 1 is 1.50 bits per heavy atom. The molecule has 0 heterocycles. The quantitative estimate of drug-likeness (QED) is 0.459. The second-order valence-corrected chi connectivity index (χ2v) is 1.92. The summed E-state index contributed by atoms with van der Waals surface area (Å²) in [5, 5.41) is 10.1. The smallest absolute Gasteiger partial charge is 0.258 e. The fourth-order valence-corrected chi connectivity index (χ4v) is 0.687. The summed E-state index contributed by atoms with van der Waals surface area (Å²) in [5.41, 5.74) is -0.232. The van der Waals surface area contributed by atoms with Gasteiger partial charge in [0.05, 0.1) is 11.0 Å². The van der Waals surface area contributed by atoms with E-state index in [1.54, 1.807) is 0 Å². The van der Waals surface area contributed by atoms with Gasteiger partial charge in [-0.1, -0.05) is 17.7 Å². The van der Waals surface area contributed by atoms with Crippen LogP contribution >= 0.6 is 11.6 Å². The Morgan fingerprint density at radius 2 is 2.10 bits per heavy atom. The normalized spacial score (nSPS) is 9.30. The van der Waals surface area contributed by atoms with Crippen molar-refractivity contribution in [1.82, 2.24) is 0 Å². The van der Waals surface area contributed by atoms with Crippen molar-refractivity contribution in [3.8, 4) is 0 Å². The van der Waals surface area contributed by atoms with Gasteiger partial charge in [0.1, 0.15) is 5.02 Å². The van der Waals surface area contributed by atoms with E-state index in [4.69, 9.17) is 11.6 Å². The molecular weight excluding hydrogens is 154 g/mol.